The second-order valence-electron chi connectivity index (χ2n) is 3.63. The Morgan fingerprint density at radius 1 is 1.41 bits per heavy atom. The SMILES string of the molecule is COCCOCCn1cc(N)c(C)c(Br)c1=O. The van der Waals surface area contributed by atoms with Gasteiger partial charge in [0.25, 0.3) is 5.56 Å². The molecule has 1 aromatic rings. The summed E-state index contributed by atoms with van der Waals surface area (Å²) in [6, 6.07) is 0. The van der Waals surface area contributed by atoms with Crippen molar-refractivity contribution < 1.29 is 9.47 Å². The summed E-state index contributed by atoms with van der Waals surface area (Å²) >= 11 is 3.24. The molecule has 0 fully saturated rings. The standard InChI is InChI=1S/C11H17BrN2O3/c1-8-9(13)7-14(11(15)10(8)12)3-4-17-6-5-16-2/h7H,3-6,13H2,1-2H3. The molecule has 0 saturated heterocycles. The van der Waals surface area contributed by atoms with E-state index in [4.69, 9.17) is 15.2 Å². The summed E-state index contributed by atoms with van der Waals surface area (Å²) in [5, 5.41) is 0. The zero-order valence-corrected chi connectivity index (χ0v) is 11.6. The summed E-state index contributed by atoms with van der Waals surface area (Å²) in [6.07, 6.45) is 1.64. The average Bonchev–Trinajstić information content (AvgIpc) is 2.32. The van der Waals surface area contributed by atoms with Crippen LogP contribution in [0.5, 0.6) is 0 Å². The van der Waals surface area contributed by atoms with Crippen molar-refractivity contribution in [3.8, 4) is 0 Å². The first-order valence-corrected chi connectivity index (χ1v) is 6.09. The lowest BCUT2D eigenvalue weighted by Crippen LogP contribution is -2.24. The molecule has 0 unspecified atom stereocenters. The molecule has 0 aromatic carbocycles. The third-order valence-corrected chi connectivity index (χ3v) is 3.35. The highest BCUT2D eigenvalue weighted by atomic mass is 79.9. The first-order chi connectivity index (χ1) is 8.07. The molecule has 0 radical (unpaired) electrons. The van der Waals surface area contributed by atoms with Gasteiger partial charge < -0.3 is 19.8 Å². The van der Waals surface area contributed by atoms with Crippen molar-refractivity contribution in [2.24, 2.45) is 0 Å². The molecular weight excluding hydrogens is 288 g/mol. The predicted molar refractivity (Wildman–Crippen MR) is 70.2 cm³/mol. The van der Waals surface area contributed by atoms with Gasteiger partial charge in [0, 0.05) is 19.9 Å². The lowest BCUT2D eigenvalue weighted by molar-refractivity contribution is 0.0662. The minimum Gasteiger partial charge on any atom is -0.397 e. The van der Waals surface area contributed by atoms with E-state index in [0.717, 1.165) is 5.56 Å². The Kier molecular flexibility index (Phi) is 5.67. The third kappa shape index (κ3) is 3.83. The molecule has 5 nitrogen and oxygen atoms in total. The molecule has 0 atom stereocenters. The number of anilines is 1. The number of aromatic nitrogens is 1. The van der Waals surface area contributed by atoms with Gasteiger partial charge in [-0.1, -0.05) is 0 Å². The van der Waals surface area contributed by atoms with E-state index < -0.39 is 0 Å². The van der Waals surface area contributed by atoms with E-state index in [1.165, 1.54) is 0 Å². The predicted octanol–water partition coefficient (Wildman–Crippen LogP) is 1.16. The van der Waals surface area contributed by atoms with Gasteiger partial charge in [-0.25, -0.2) is 0 Å². The van der Waals surface area contributed by atoms with Crippen LogP contribution < -0.4 is 11.3 Å². The van der Waals surface area contributed by atoms with Crippen LogP contribution in [0.3, 0.4) is 0 Å². The summed E-state index contributed by atoms with van der Waals surface area (Å²) < 4.78 is 12.2. The van der Waals surface area contributed by atoms with Crippen molar-refractivity contribution in [3.63, 3.8) is 0 Å². The van der Waals surface area contributed by atoms with Crippen molar-refractivity contribution in [1.82, 2.24) is 4.57 Å². The van der Waals surface area contributed by atoms with Gasteiger partial charge in [-0.05, 0) is 28.4 Å². The monoisotopic (exact) mass is 304 g/mol. The number of pyridine rings is 1. The van der Waals surface area contributed by atoms with Gasteiger partial charge in [-0.2, -0.15) is 0 Å². The molecular formula is C11H17BrN2O3. The van der Waals surface area contributed by atoms with Crippen LogP contribution in [-0.4, -0.2) is 31.5 Å². The molecule has 0 amide bonds. The first kappa shape index (κ1) is 14.2. The van der Waals surface area contributed by atoms with Gasteiger partial charge in [-0.3, -0.25) is 4.79 Å². The third-order valence-electron chi connectivity index (χ3n) is 2.41. The fourth-order valence-corrected chi connectivity index (χ4v) is 1.77. The Labute approximate surface area is 109 Å². The van der Waals surface area contributed by atoms with E-state index in [2.05, 4.69) is 15.9 Å². The first-order valence-electron chi connectivity index (χ1n) is 5.29. The minimum absolute atomic E-state index is 0.0907. The van der Waals surface area contributed by atoms with E-state index in [9.17, 15) is 4.79 Å². The largest absolute Gasteiger partial charge is 0.397 e. The van der Waals surface area contributed by atoms with Crippen LogP contribution in [0.4, 0.5) is 5.69 Å². The molecule has 0 saturated carbocycles. The highest BCUT2D eigenvalue weighted by Crippen LogP contribution is 2.16. The lowest BCUT2D eigenvalue weighted by atomic mass is 10.2. The fourth-order valence-electron chi connectivity index (χ4n) is 1.31. The molecule has 0 aliphatic carbocycles. The summed E-state index contributed by atoms with van der Waals surface area (Å²) in [4.78, 5) is 11.8. The number of hydrogen-bond donors (Lipinski definition) is 1. The van der Waals surface area contributed by atoms with Gasteiger partial charge >= 0.3 is 0 Å². The molecule has 6 heteroatoms. The number of halogens is 1. The molecule has 0 aliphatic rings. The van der Waals surface area contributed by atoms with Crippen molar-refractivity contribution in [3.05, 3.63) is 26.6 Å². The van der Waals surface area contributed by atoms with Crippen LogP contribution in [0, 0.1) is 6.92 Å². The van der Waals surface area contributed by atoms with E-state index in [-0.39, 0.29) is 5.56 Å². The Hall–Kier alpha value is -0.850. The molecule has 17 heavy (non-hydrogen) atoms. The topological polar surface area (TPSA) is 66.5 Å². The number of ether oxygens (including phenoxy) is 2. The minimum atomic E-state index is -0.0907. The lowest BCUT2D eigenvalue weighted by Gasteiger charge is -2.10. The fraction of sp³-hybridized carbons (Fsp3) is 0.545. The number of hydrogen-bond acceptors (Lipinski definition) is 4. The van der Waals surface area contributed by atoms with Crippen LogP contribution in [0.15, 0.2) is 15.5 Å². The maximum atomic E-state index is 11.8. The zero-order chi connectivity index (χ0) is 12.8. The Balaban J connectivity index is 2.63. The summed E-state index contributed by atoms with van der Waals surface area (Å²) in [5.41, 5.74) is 7.06. The molecule has 0 spiro atoms. The molecule has 96 valence electrons. The van der Waals surface area contributed by atoms with Crippen LogP contribution >= 0.6 is 15.9 Å². The molecule has 1 heterocycles. The maximum Gasteiger partial charge on any atom is 0.265 e. The summed E-state index contributed by atoms with van der Waals surface area (Å²) in [6.45, 7) is 3.81. The van der Waals surface area contributed by atoms with Gasteiger partial charge in [0.1, 0.15) is 0 Å². The maximum absolute atomic E-state index is 11.8. The van der Waals surface area contributed by atoms with Gasteiger partial charge in [-0.15, -0.1) is 0 Å². The Bertz CT molecular complexity index is 431. The highest BCUT2D eigenvalue weighted by molar-refractivity contribution is 9.10. The van der Waals surface area contributed by atoms with Crippen molar-refractivity contribution >= 4 is 21.6 Å². The summed E-state index contributed by atoms with van der Waals surface area (Å²) in [5.74, 6) is 0. The van der Waals surface area contributed by atoms with Crippen LogP contribution in [-0.2, 0) is 16.0 Å². The van der Waals surface area contributed by atoms with Crippen LogP contribution in [0.25, 0.3) is 0 Å². The molecule has 2 N–H and O–H groups in total. The highest BCUT2D eigenvalue weighted by Gasteiger charge is 2.07. The molecule has 0 aliphatic heterocycles. The van der Waals surface area contributed by atoms with E-state index in [1.807, 2.05) is 0 Å². The molecule has 1 aromatic heterocycles. The van der Waals surface area contributed by atoms with E-state index >= 15 is 0 Å². The number of nitrogen functional groups attached to an aromatic ring is 1. The number of rotatable bonds is 6. The average molecular weight is 305 g/mol. The smallest absolute Gasteiger partial charge is 0.265 e. The summed E-state index contributed by atoms with van der Waals surface area (Å²) in [7, 11) is 1.62. The van der Waals surface area contributed by atoms with Gasteiger partial charge in [0.15, 0.2) is 0 Å². The second kappa shape index (κ2) is 6.78. The molecule has 1 rings (SSSR count). The second-order valence-corrected chi connectivity index (χ2v) is 4.42. The quantitative estimate of drug-likeness (QED) is 0.801. The van der Waals surface area contributed by atoms with Crippen molar-refractivity contribution in [2.45, 2.75) is 13.5 Å². The zero-order valence-electron chi connectivity index (χ0n) is 10.0. The van der Waals surface area contributed by atoms with Crippen LogP contribution in [0.1, 0.15) is 5.56 Å². The number of nitrogens with zero attached hydrogens (tertiary/aromatic N) is 1. The normalized spacial score (nSPS) is 10.8. The van der Waals surface area contributed by atoms with E-state index in [0.29, 0.717) is 36.5 Å². The molecule has 0 bridgehead atoms. The van der Waals surface area contributed by atoms with Crippen molar-refractivity contribution in [1.29, 1.82) is 0 Å². The van der Waals surface area contributed by atoms with Crippen molar-refractivity contribution in [2.75, 3.05) is 32.7 Å². The van der Waals surface area contributed by atoms with Crippen LogP contribution in [0.2, 0.25) is 0 Å². The number of nitrogens with two attached hydrogens (primary N) is 1. The number of methoxy groups -OCH3 is 1. The van der Waals surface area contributed by atoms with Gasteiger partial charge in [0.05, 0.1) is 30.0 Å². The Morgan fingerprint density at radius 3 is 2.76 bits per heavy atom. The van der Waals surface area contributed by atoms with E-state index in [1.54, 1.807) is 24.8 Å². The Morgan fingerprint density at radius 2 is 2.12 bits per heavy atom. The van der Waals surface area contributed by atoms with Gasteiger partial charge in [0.2, 0.25) is 0 Å².